The number of aromatic nitrogens is 2. The van der Waals surface area contributed by atoms with Gasteiger partial charge in [0.25, 0.3) is 0 Å². The van der Waals surface area contributed by atoms with Crippen LogP contribution in [-0.2, 0) is 11.8 Å². The van der Waals surface area contributed by atoms with E-state index in [0.29, 0.717) is 5.15 Å². The first-order valence-corrected chi connectivity index (χ1v) is 7.50. The maximum atomic E-state index is 11.9. The molecular weight excluding hydrogens is 354 g/mol. The number of anilines is 1. The van der Waals surface area contributed by atoms with E-state index in [9.17, 15) is 4.79 Å². The molecule has 0 saturated heterocycles. The van der Waals surface area contributed by atoms with Gasteiger partial charge in [0, 0.05) is 28.8 Å². The van der Waals surface area contributed by atoms with E-state index in [1.807, 2.05) is 32.0 Å². The fourth-order valence-electron chi connectivity index (χ4n) is 1.85. The second-order valence-electron chi connectivity index (χ2n) is 4.70. The Morgan fingerprint density at radius 1 is 1.43 bits per heavy atom. The van der Waals surface area contributed by atoms with Crippen LogP contribution in [0.25, 0.3) is 6.08 Å². The zero-order valence-corrected chi connectivity index (χ0v) is 14.3. The molecule has 0 fully saturated rings. The number of benzene rings is 1. The summed E-state index contributed by atoms with van der Waals surface area (Å²) in [4.78, 5) is 11.9. The molecule has 0 atom stereocenters. The van der Waals surface area contributed by atoms with Crippen LogP contribution in [0.1, 0.15) is 16.8 Å². The minimum atomic E-state index is -0.218. The van der Waals surface area contributed by atoms with Crippen LogP contribution in [0, 0.1) is 13.8 Å². The molecule has 1 aromatic carbocycles. The number of aryl methyl sites for hydroxylation is 3. The zero-order chi connectivity index (χ0) is 15.6. The highest BCUT2D eigenvalue weighted by Crippen LogP contribution is 2.22. The number of nitrogens with zero attached hydrogens (tertiary/aromatic N) is 2. The highest BCUT2D eigenvalue weighted by atomic mass is 79.9. The molecular formula is C15H15BrClN3O. The van der Waals surface area contributed by atoms with Gasteiger partial charge in [-0.15, -0.1) is 0 Å². The lowest BCUT2D eigenvalue weighted by Crippen LogP contribution is -2.07. The smallest absolute Gasteiger partial charge is 0.248 e. The molecule has 1 aromatic heterocycles. The normalized spacial score (nSPS) is 11.1. The van der Waals surface area contributed by atoms with Crippen LogP contribution in [0.15, 0.2) is 28.7 Å². The van der Waals surface area contributed by atoms with Gasteiger partial charge in [-0.25, -0.2) is 0 Å². The maximum Gasteiger partial charge on any atom is 0.248 e. The second-order valence-corrected chi connectivity index (χ2v) is 5.91. The number of carbonyl (C=O) groups is 1. The Balaban J connectivity index is 2.11. The van der Waals surface area contributed by atoms with Crippen molar-refractivity contribution in [1.29, 1.82) is 0 Å². The van der Waals surface area contributed by atoms with Crippen molar-refractivity contribution in [1.82, 2.24) is 9.78 Å². The third-order valence-electron chi connectivity index (χ3n) is 3.04. The molecule has 6 heteroatoms. The minimum absolute atomic E-state index is 0.218. The number of nitrogens with one attached hydrogen (secondary N) is 1. The van der Waals surface area contributed by atoms with Crippen molar-refractivity contribution in [2.75, 3.05) is 5.32 Å². The molecule has 0 aliphatic rings. The Kier molecular flexibility index (Phi) is 4.85. The second kappa shape index (κ2) is 6.45. The standard InChI is InChI=1S/C15H15BrClN3O/c1-9-4-5-11(8-13(9)16)18-14(21)7-6-12-10(2)19-20(3)15(12)17/h4-8H,1-3H3,(H,18,21). The number of hydrogen-bond acceptors (Lipinski definition) is 2. The molecule has 1 N–H and O–H groups in total. The van der Waals surface area contributed by atoms with Gasteiger partial charge in [0.1, 0.15) is 5.15 Å². The maximum absolute atomic E-state index is 11.9. The number of halogens is 2. The molecule has 0 aliphatic carbocycles. The summed E-state index contributed by atoms with van der Waals surface area (Å²) in [7, 11) is 1.76. The van der Waals surface area contributed by atoms with Crippen molar-refractivity contribution in [3.8, 4) is 0 Å². The van der Waals surface area contributed by atoms with Gasteiger partial charge in [0.15, 0.2) is 0 Å². The van der Waals surface area contributed by atoms with E-state index in [2.05, 4.69) is 26.3 Å². The van der Waals surface area contributed by atoms with E-state index in [4.69, 9.17) is 11.6 Å². The molecule has 1 amide bonds. The summed E-state index contributed by atoms with van der Waals surface area (Å²) in [6, 6.07) is 5.66. The van der Waals surface area contributed by atoms with Crippen LogP contribution in [-0.4, -0.2) is 15.7 Å². The van der Waals surface area contributed by atoms with Gasteiger partial charge < -0.3 is 5.32 Å². The number of carbonyl (C=O) groups excluding carboxylic acids is 1. The zero-order valence-electron chi connectivity index (χ0n) is 11.9. The van der Waals surface area contributed by atoms with E-state index in [-0.39, 0.29) is 5.91 Å². The van der Waals surface area contributed by atoms with Crippen LogP contribution in [0.2, 0.25) is 5.15 Å². The van der Waals surface area contributed by atoms with Crippen molar-refractivity contribution in [2.45, 2.75) is 13.8 Å². The molecule has 0 spiro atoms. The third-order valence-corrected chi connectivity index (χ3v) is 4.34. The highest BCUT2D eigenvalue weighted by molar-refractivity contribution is 9.10. The summed E-state index contributed by atoms with van der Waals surface area (Å²) in [6.45, 7) is 3.84. The van der Waals surface area contributed by atoms with Crippen molar-refractivity contribution < 1.29 is 4.79 Å². The van der Waals surface area contributed by atoms with Crippen molar-refractivity contribution in [3.63, 3.8) is 0 Å². The van der Waals surface area contributed by atoms with Gasteiger partial charge in [-0.1, -0.05) is 33.6 Å². The third kappa shape index (κ3) is 3.74. The van der Waals surface area contributed by atoms with Crippen molar-refractivity contribution >= 4 is 45.2 Å². The first-order valence-electron chi connectivity index (χ1n) is 6.33. The Labute approximate surface area is 136 Å². The lowest BCUT2D eigenvalue weighted by atomic mass is 10.2. The summed E-state index contributed by atoms with van der Waals surface area (Å²) >= 11 is 9.54. The molecule has 2 rings (SSSR count). The van der Waals surface area contributed by atoms with Gasteiger partial charge in [-0.2, -0.15) is 5.10 Å². The topological polar surface area (TPSA) is 46.9 Å². The van der Waals surface area contributed by atoms with Crippen LogP contribution < -0.4 is 5.32 Å². The van der Waals surface area contributed by atoms with Crippen LogP contribution >= 0.6 is 27.5 Å². The first-order chi connectivity index (χ1) is 9.88. The number of rotatable bonds is 3. The molecule has 0 saturated carbocycles. The van der Waals surface area contributed by atoms with Crippen LogP contribution in [0.4, 0.5) is 5.69 Å². The predicted octanol–water partition coefficient (Wildman–Crippen LogP) is 4.10. The fraction of sp³-hybridized carbons (Fsp3) is 0.200. The van der Waals surface area contributed by atoms with Gasteiger partial charge in [0.05, 0.1) is 5.69 Å². The van der Waals surface area contributed by atoms with E-state index >= 15 is 0 Å². The van der Waals surface area contributed by atoms with E-state index < -0.39 is 0 Å². The van der Waals surface area contributed by atoms with Gasteiger partial charge >= 0.3 is 0 Å². The molecule has 0 radical (unpaired) electrons. The molecule has 4 nitrogen and oxygen atoms in total. The molecule has 0 aliphatic heterocycles. The summed E-state index contributed by atoms with van der Waals surface area (Å²) < 4.78 is 2.53. The number of hydrogen-bond donors (Lipinski definition) is 1. The van der Waals surface area contributed by atoms with Crippen molar-refractivity contribution in [2.24, 2.45) is 7.05 Å². The molecule has 0 unspecified atom stereocenters. The molecule has 0 bridgehead atoms. The molecule has 110 valence electrons. The van der Waals surface area contributed by atoms with Gasteiger partial charge in [-0.05, 0) is 37.6 Å². The highest BCUT2D eigenvalue weighted by Gasteiger charge is 2.08. The predicted molar refractivity (Wildman–Crippen MR) is 89.5 cm³/mol. The molecule has 2 aromatic rings. The van der Waals surface area contributed by atoms with E-state index in [1.54, 1.807) is 17.8 Å². The first kappa shape index (κ1) is 15.8. The van der Waals surface area contributed by atoms with Gasteiger partial charge in [-0.3, -0.25) is 9.48 Å². The summed E-state index contributed by atoms with van der Waals surface area (Å²) in [6.07, 6.45) is 3.12. The minimum Gasteiger partial charge on any atom is -0.322 e. The van der Waals surface area contributed by atoms with Crippen LogP contribution in [0.5, 0.6) is 0 Å². The van der Waals surface area contributed by atoms with E-state index in [1.165, 1.54) is 6.08 Å². The molecule has 21 heavy (non-hydrogen) atoms. The van der Waals surface area contributed by atoms with Gasteiger partial charge in [0.2, 0.25) is 5.91 Å². The average Bonchev–Trinajstić information content (AvgIpc) is 2.66. The average molecular weight is 369 g/mol. The Bertz CT molecular complexity index is 722. The molecule has 1 heterocycles. The quantitative estimate of drug-likeness (QED) is 0.829. The summed E-state index contributed by atoms with van der Waals surface area (Å²) in [5, 5.41) is 7.50. The lowest BCUT2D eigenvalue weighted by Gasteiger charge is -2.04. The van der Waals surface area contributed by atoms with Crippen molar-refractivity contribution in [3.05, 3.63) is 50.7 Å². The Morgan fingerprint density at radius 3 is 2.71 bits per heavy atom. The number of amides is 1. The Morgan fingerprint density at radius 2 is 2.14 bits per heavy atom. The Hall–Kier alpha value is -1.59. The summed E-state index contributed by atoms with van der Waals surface area (Å²) in [5.74, 6) is -0.218. The largest absolute Gasteiger partial charge is 0.322 e. The fourth-order valence-corrected chi connectivity index (χ4v) is 2.47. The SMILES string of the molecule is Cc1ccc(NC(=O)C=Cc2c(C)nn(C)c2Cl)cc1Br. The summed E-state index contributed by atoms with van der Waals surface area (Å²) in [5.41, 5.74) is 3.38. The van der Waals surface area contributed by atoms with E-state index in [0.717, 1.165) is 27.0 Å². The monoisotopic (exact) mass is 367 g/mol. The van der Waals surface area contributed by atoms with Crippen LogP contribution in [0.3, 0.4) is 0 Å². The lowest BCUT2D eigenvalue weighted by molar-refractivity contribution is -0.111.